The number of carbonyl (C=O) groups excluding carboxylic acids is 2. The van der Waals surface area contributed by atoms with Gasteiger partial charge in [-0.3, -0.25) is 9.59 Å². The molecule has 2 fully saturated rings. The van der Waals surface area contributed by atoms with Crippen molar-refractivity contribution >= 4 is 17.4 Å². The predicted octanol–water partition coefficient (Wildman–Crippen LogP) is -0.559. The van der Waals surface area contributed by atoms with Gasteiger partial charge in [0.25, 0.3) is 0 Å². The van der Waals surface area contributed by atoms with Crippen LogP contribution in [0.4, 0.5) is 0 Å². The highest BCUT2D eigenvalue weighted by Gasteiger charge is 2.63. The number of hydrogen-bond acceptors (Lipinski definition) is 8. The molecule has 9 nitrogen and oxygen atoms in total. The van der Waals surface area contributed by atoms with E-state index in [1.807, 2.05) is 0 Å². The average Bonchev–Trinajstić information content (AvgIpc) is 2.66. The van der Waals surface area contributed by atoms with Crippen LogP contribution in [0.3, 0.4) is 0 Å². The minimum atomic E-state index is -2.06. The normalized spacial score (nSPS) is 38.1. The molecule has 4 unspecified atom stereocenters. The number of ketones is 1. The third-order valence-corrected chi connectivity index (χ3v) is 7.06. The zero-order valence-electron chi connectivity index (χ0n) is 16.7. The van der Waals surface area contributed by atoms with E-state index in [-0.39, 0.29) is 35.3 Å². The minimum Gasteiger partial charge on any atom is -0.507 e. The zero-order valence-corrected chi connectivity index (χ0v) is 16.7. The number of Topliss-reactive ketones (excluding diaryl/α,β-unsaturated/α-hetero) is 1. The van der Waals surface area contributed by atoms with Crippen molar-refractivity contribution in [1.82, 2.24) is 4.90 Å². The third kappa shape index (κ3) is 2.63. The molecule has 0 radical (unpaired) electrons. The molecular weight excluding hydrogens is 392 g/mol. The number of nitrogens with two attached hydrogens (primary N) is 1. The van der Waals surface area contributed by atoms with Crippen molar-refractivity contribution in [2.24, 2.45) is 23.5 Å². The lowest BCUT2D eigenvalue weighted by molar-refractivity contribution is -0.180. The number of aliphatic hydroxyl groups is 4. The van der Waals surface area contributed by atoms with Gasteiger partial charge in [-0.05, 0) is 38.6 Å². The lowest BCUT2D eigenvalue weighted by atomic mass is 9.54. The summed E-state index contributed by atoms with van der Waals surface area (Å²) < 4.78 is 0. The zero-order chi connectivity index (χ0) is 22.1. The van der Waals surface area contributed by atoms with Crippen LogP contribution in [0, 0.1) is 17.8 Å². The highest BCUT2D eigenvalue weighted by atomic mass is 16.3. The standard InChI is InChI=1S/C21H26N2O7/c1-23(2)15-11-6-9-14(18(27)13-8(16(9)25)4-3-5-12(13)24)19(28)21(11,30)7-10(17(15)26)20(22)29/h3-5,9-11,15-17,24-27,30H,6-7H2,1-2H3,(H2,22,29)/t9?,10?,11?,15-,16+,17?,21-/m0/s1. The SMILES string of the molecule is CN(C)[C@@H]1C(O)C(C(N)=O)C[C@@]2(O)C(=O)C3=C(O)c4c(O)cccc4[C@@H](O)C3CC12. The number of phenols is 1. The van der Waals surface area contributed by atoms with Gasteiger partial charge in [0.15, 0.2) is 5.78 Å². The molecule has 0 bridgehead atoms. The van der Waals surface area contributed by atoms with Crippen molar-refractivity contribution < 1.29 is 35.1 Å². The van der Waals surface area contributed by atoms with Crippen LogP contribution in [0.5, 0.6) is 5.75 Å². The van der Waals surface area contributed by atoms with Crippen LogP contribution in [-0.4, -0.2) is 74.0 Å². The number of nitrogens with zero attached hydrogens (tertiary/aromatic N) is 1. The molecule has 3 aliphatic carbocycles. The monoisotopic (exact) mass is 418 g/mol. The number of aromatic hydroxyl groups is 1. The molecule has 0 saturated heterocycles. The van der Waals surface area contributed by atoms with Gasteiger partial charge in [0.2, 0.25) is 5.91 Å². The van der Waals surface area contributed by atoms with E-state index in [9.17, 15) is 35.1 Å². The van der Waals surface area contributed by atoms with Gasteiger partial charge in [0.05, 0.1) is 23.7 Å². The van der Waals surface area contributed by atoms with Gasteiger partial charge in [-0.1, -0.05) is 12.1 Å². The highest BCUT2D eigenvalue weighted by Crippen LogP contribution is 2.55. The number of amides is 1. The molecule has 7 atom stereocenters. The summed E-state index contributed by atoms with van der Waals surface area (Å²) in [7, 11) is 3.32. The van der Waals surface area contributed by atoms with E-state index in [4.69, 9.17) is 5.73 Å². The first-order chi connectivity index (χ1) is 14.0. The summed E-state index contributed by atoms with van der Waals surface area (Å²) in [6, 6.07) is 3.64. The fourth-order valence-corrected chi connectivity index (χ4v) is 5.67. The molecule has 1 aromatic rings. The first-order valence-corrected chi connectivity index (χ1v) is 9.85. The Labute approximate surface area is 173 Å². The summed E-state index contributed by atoms with van der Waals surface area (Å²) in [5.41, 5.74) is 3.44. The predicted molar refractivity (Wildman–Crippen MR) is 105 cm³/mol. The lowest BCUT2D eigenvalue weighted by Crippen LogP contribution is -2.68. The van der Waals surface area contributed by atoms with E-state index in [1.165, 1.54) is 12.1 Å². The summed E-state index contributed by atoms with van der Waals surface area (Å²) in [5, 5.41) is 54.3. The second-order valence-electron chi connectivity index (χ2n) is 8.81. The van der Waals surface area contributed by atoms with Gasteiger partial charge in [0, 0.05) is 23.5 Å². The number of fused-ring (bicyclic) bond motifs is 3. The molecular formula is C21H26N2O7. The summed E-state index contributed by atoms with van der Waals surface area (Å²) in [5.74, 6) is -5.23. The number of carbonyl (C=O) groups is 2. The third-order valence-electron chi connectivity index (χ3n) is 7.06. The minimum absolute atomic E-state index is 0.0434. The quantitative estimate of drug-likeness (QED) is 0.372. The maximum absolute atomic E-state index is 13.5. The molecule has 2 saturated carbocycles. The van der Waals surface area contributed by atoms with Gasteiger partial charge < -0.3 is 36.2 Å². The van der Waals surface area contributed by atoms with E-state index >= 15 is 0 Å². The number of hydrogen-bond donors (Lipinski definition) is 6. The molecule has 162 valence electrons. The number of aliphatic hydroxyl groups excluding tert-OH is 3. The largest absolute Gasteiger partial charge is 0.507 e. The Hall–Kier alpha value is -2.46. The summed E-state index contributed by atoms with van der Waals surface area (Å²) >= 11 is 0. The second-order valence-corrected chi connectivity index (χ2v) is 8.81. The Balaban J connectivity index is 1.90. The van der Waals surface area contributed by atoms with Crippen LogP contribution in [0.25, 0.3) is 5.76 Å². The van der Waals surface area contributed by atoms with Gasteiger partial charge >= 0.3 is 0 Å². The number of rotatable bonds is 2. The molecule has 4 rings (SSSR count). The Morgan fingerprint density at radius 3 is 2.50 bits per heavy atom. The number of benzene rings is 1. The van der Waals surface area contributed by atoms with Gasteiger partial charge in [-0.25, -0.2) is 0 Å². The molecule has 1 amide bonds. The maximum Gasteiger partial charge on any atom is 0.223 e. The average molecular weight is 418 g/mol. The Bertz CT molecular complexity index is 959. The smallest absolute Gasteiger partial charge is 0.223 e. The maximum atomic E-state index is 13.5. The topological polar surface area (TPSA) is 165 Å². The van der Waals surface area contributed by atoms with E-state index in [2.05, 4.69) is 0 Å². The summed E-state index contributed by atoms with van der Waals surface area (Å²) in [6.07, 6.45) is -2.69. The molecule has 9 heteroatoms. The second kappa shape index (κ2) is 6.78. The molecule has 1 aromatic carbocycles. The first kappa shape index (κ1) is 20.8. The fourth-order valence-electron chi connectivity index (χ4n) is 5.67. The fraction of sp³-hybridized carbons (Fsp3) is 0.524. The van der Waals surface area contributed by atoms with Crippen LogP contribution in [-0.2, 0) is 9.59 Å². The van der Waals surface area contributed by atoms with Crippen molar-refractivity contribution in [1.29, 1.82) is 0 Å². The lowest BCUT2D eigenvalue weighted by Gasteiger charge is -2.55. The van der Waals surface area contributed by atoms with Crippen molar-refractivity contribution in [2.45, 2.75) is 36.7 Å². The summed E-state index contributed by atoms with van der Waals surface area (Å²) in [4.78, 5) is 27.1. The van der Waals surface area contributed by atoms with E-state index in [0.29, 0.717) is 0 Å². The van der Waals surface area contributed by atoms with Crippen LogP contribution in [0.1, 0.15) is 30.1 Å². The van der Waals surface area contributed by atoms with Crippen molar-refractivity contribution in [3.63, 3.8) is 0 Å². The molecule has 30 heavy (non-hydrogen) atoms. The van der Waals surface area contributed by atoms with Crippen LogP contribution in [0.15, 0.2) is 23.8 Å². The molecule has 0 aliphatic heterocycles. The molecule has 0 heterocycles. The van der Waals surface area contributed by atoms with E-state index in [1.54, 1.807) is 25.1 Å². The number of likely N-dealkylation sites (N-methyl/N-ethyl adjacent to an activating group) is 1. The number of phenolic OH excluding ortho intramolecular Hbond substituents is 1. The van der Waals surface area contributed by atoms with Gasteiger partial charge in [-0.2, -0.15) is 0 Å². The molecule has 0 aromatic heterocycles. The number of primary amides is 1. The van der Waals surface area contributed by atoms with E-state index in [0.717, 1.165) is 0 Å². The Morgan fingerprint density at radius 1 is 1.23 bits per heavy atom. The Morgan fingerprint density at radius 2 is 1.90 bits per heavy atom. The van der Waals surface area contributed by atoms with Crippen LogP contribution in [0.2, 0.25) is 0 Å². The van der Waals surface area contributed by atoms with Crippen LogP contribution < -0.4 is 5.73 Å². The molecule has 7 N–H and O–H groups in total. The van der Waals surface area contributed by atoms with Gasteiger partial charge in [0.1, 0.15) is 17.1 Å². The van der Waals surface area contributed by atoms with Gasteiger partial charge in [-0.15, -0.1) is 0 Å². The van der Waals surface area contributed by atoms with Crippen molar-refractivity contribution in [3.8, 4) is 5.75 Å². The first-order valence-electron chi connectivity index (χ1n) is 9.85. The van der Waals surface area contributed by atoms with Crippen LogP contribution >= 0.6 is 0 Å². The van der Waals surface area contributed by atoms with Crippen molar-refractivity contribution in [2.75, 3.05) is 14.1 Å². The van der Waals surface area contributed by atoms with E-state index < -0.39 is 59.1 Å². The Kier molecular flexibility index (Phi) is 4.70. The highest BCUT2D eigenvalue weighted by molar-refractivity contribution is 6.09. The molecule has 0 spiro atoms. The summed E-state index contributed by atoms with van der Waals surface area (Å²) in [6.45, 7) is 0. The van der Waals surface area contributed by atoms with Crippen molar-refractivity contribution in [3.05, 3.63) is 34.9 Å². The molecule has 3 aliphatic rings.